The van der Waals surface area contributed by atoms with E-state index < -0.39 is 54.5 Å². The van der Waals surface area contributed by atoms with Crippen LogP contribution in [-0.4, -0.2) is 71.9 Å². The van der Waals surface area contributed by atoms with E-state index in [9.17, 15) is 24.0 Å². The Kier molecular flexibility index (Phi) is 10.4. The molecule has 0 aliphatic carbocycles. The van der Waals surface area contributed by atoms with Crippen molar-refractivity contribution in [3.8, 4) is 0 Å². The normalized spacial score (nSPS) is 17.7. The highest BCUT2D eigenvalue weighted by Crippen LogP contribution is 2.27. The minimum atomic E-state index is -1.25. The second-order valence-corrected chi connectivity index (χ2v) is 10.8. The molecule has 6 N–H and O–H groups in total. The molecular formula is C31H36N6O6. The molecule has 0 spiro atoms. The quantitative estimate of drug-likeness (QED) is 0.127. The number of ether oxygens (including phenoxy) is 1. The van der Waals surface area contributed by atoms with Crippen LogP contribution in [0.3, 0.4) is 0 Å². The number of hydrogen-bond acceptors (Lipinski definition) is 7. The molecule has 0 radical (unpaired) electrons. The van der Waals surface area contributed by atoms with Gasteiger partial charge in [0.1, 0.15) is 30.0 Å². The van der Waals surface area contributed by atoms with E-state index in [0.717, 1.165) is 10.9 Å². The van der Waals surface area contributed by atoms with Gasteiger partial charge in [-0.15, -0.1) is 0 Å². The van der Waals surface area contributed by atoms with Gasteiger partial charge in [0.15, 0.2) is 0 Å². The van der Waals surface area contributed by atoms with Crippen molar-refractivity contribution in [2.75, 3.05) is 6.54 Å². The third kappa shape index (κ3) is 8.58. The smallest absolute Gasteiger partial charge is 0.270 e. The zero-order valence-electron chi connectivity index (χ0n) is 24.0. The fourth-order valence-corrected chi connectivity index (χ4v) is 4.87. The highest BCUT2D eigenvalue weighted by Gasteiger charge is 2.46. The van der Waals surface area contributed by atoms with Crippen LogP contribution in [0.15, 0.2) is 66.7 Å². The molecule has 2 aromatic carbocycles. The zero-order valence-corrected chi connectivity index (χ0v) is 24.0. The fraction of sp³-hybridized carbons (Fsp3) is 0.355. The lowest BCUT2D eigenvalue weighted by Crippen LogP contribution is -2.53. The van der Waals surface area contributed by atoms with Crippen LogP contribution in [0.25, 0.3) is 10.9 Å². The topological polar surface area (TPSA) is 185 Å². The number of para-hydroxylation sites is 1. The molecule has 0 bridgehead atoms. The maximum absolute atomic E-state index is 13.5. The largest absolute Gasteiger partial charge is 0.370 e. The summed E-state index contributed by atoms with van der Waals surface area (Å²) in [5, 5.41) is 11.7. The average Bonchev–Trinajstić information content (AvgIpc) is 3.77. The molecule has 12 heteroatoms. The SMILES string of the molecule is CC(C)[C@H](NC=O)C(=O)NC[C@@H]1O[C@@H]1[C@H](Cc1ccccc1)NC(=O)C(CC(N)=O)NC(=O)c1ccc2ccccc2n1. The summed E-state index contributed by atoms with van der Waals surface area (Å²) in [6.45, 7) is 3.81. The molecule has 3 aromatic rings. The number of nitrogens with one attached hydrogen (secondary N) is 4. The Morgan fingerprint density at radius 2 is 1.67 bits per heavy atom. The lowest BCUT2D eigenvalue weighted by Gasteiger charge is -2.22. The molecule has 0 saturated carbocycles. The third-order valence-corrected chi connectivity index (χ3v) is 7.18. The highest BCUT2D eigenvalue weighted by atomic mass is 16.6. The maximum Gasteiger partial charge on any atom is 0.270 e. The van der Waals surface area contributed by atoms with E-state index in [4.69, 9.17) is 10.5 Å². The summed E-state index contributed by atoms with van der Waals surface area (Å²) >= 11 is 0. The van der Waals surface area contributed by atoms with E-state index in [0.29, 0.717) is 18.3 Å². The lowest BCUT2D eigenvalue weighted by molar-refractivity contribution is -0.127. The number of carbonyl (C=O) groups is 5. The third-order valence-electron chi connectivity index (χ3n) is 7.18. The summed E-state index contributed by atoms with van der Waals surface area (Å²) in [5.41, 5.74) is 7.05. The minimum absolute atomic E-state index is 0.0897. The first-order chi connectivity index (χ1) is 20.7. The number of nitrogens with two attached hydrogens (primary N) is 1. The number of epoxide rings is 1. The van der Waals surface area contributed by atoms with Gasteiger partial charge in [-0.25, -0.2) is 4.98 Å². The van der Waals surface area contributed by atoms with Crippen molar-refractivity contribution < 1.29 is 28.7 Å². The summed E-state index contributed by atoms with van der Waals surface area (Å²) in [5.74, 6) is -2.46. The van der Waals surface area contributed by atoms with Crippen molar-refractivity contribution in [2.24, 2.45) is 11.7 Å². The fourth-order valence-electron chi connectivity index (χ4n) is 4.87. The van der Waals surface area contributed by atoms with Crippen molar-refractivity contribution in [2.45, 2.75) is 57.0 Å². The Morgan fingerprint density at radius 1 is 0.953 bits per heavy atom. The lowest BCUT2D eigenvalue weighted by atomic mass is 10.00. The van der Waals surface area contributed by atoms with Crippen LogP contribution in [-0.2, 0) is 30.3 Å². The number of rotatable bonds is 15. The number of carbonyl (C=O) groups excluding carboxylic acids is 5. The second kappa shape index (κ2) is 14.4. The molecule has 1 saturated heterocycles. The zero-order chi connectivity index (χ0) is 30.9. The van der Waals surface area contributed by atoms with E-state index in [2.05, 4.69) is 26.3 Å². The Morgan fingerprint density at radius 3 is 2.37 bits per heavy atom. The van der Waals surface area contributed by atoms with Gasteiger partial charge in [0.2, 0.25) is 24.1 Å². The van der Waals surface area contributed by atoms with E-state index in [1.807, 2.05) is 56.3 Å². The van der Waals surface area contributed by atoms with Crippen molar-refractivity contribution in [1.29, 1.82) is 0 Å². The molecule has 1 aromatic heterocycles. The summed E-state index contributed by atoms with van der Waals surface area (Å²) in [6.07, 6.45) is -0.383. The van der Waals surface area contributed by atoms with Crippen molar-refractivity contribution >= 4 is 40.9 Å². The molecule has 226 valence electrons. The van der Waals surface area contributed by atoms with Gasteiger partial charge in [0.25, 0.3) is 5.91 Å². The summed E-state index contributed by atoms with van der Waals surface area (Å²) < 4.78 is 5.85. The highest BCUT2D eigenvalue weighted by molar-refractivity contribution is 5.99. The molecule has 12 nitrogen and oxygen atoms in total. The monoisotopic (exact) mass is 588 g/mol. The second-order valence-electron chi connectivity index (χ2n) is 10.8. The van der Waals surface area contributed by atoms with Gasteiger partial charge < -0.3 is 31.7 Å². The number of fused-ring (bicyclic) bond motifs is 1. The van der Waals surface area contributed by atoms with Crippen LogP contribution < -0.4 is 27.0 Å². The molecule has 1 fully saturated rings. The molecule has 2 heterocycles. The number of pyridine rings is 1. The number of primary amides is 1. The minimum Gasteiger partial charge on any atom is -0.370 e. The molecule has 1 aliphatic rings. The first-order valence-electron chi connectivity index (χ1n) is 14.1. The van der Waals surface area contributed by atoms with Crippen LogP contribution in [0.2, 0.25) is 0 Å². The van der Waals surface area contributed by atoms with Gasteiger partial charge in [0.05, 0.1) is 18.0 Å². The number of nitrogens with zero attached hydrogens (tertiary/aromatic N) is 1. The van der Waals surface area contributed by atoms with Gasteiger partial charge in [-0.3, -0.25) is 24.0 Å². The molecule has 5 amide bonds. The number of aromatic nitrogens is 1. The van der Waals surface area contributed by atoms with Crippen LogP contribution in [0.4, 0.5) is 0 Å². The van der Waals surface area contributed by atoms with Crippen LogP contribution >= 0.6 is 0 Å². The van der Waals surface area contributed by atoms with E-state index in [1.165, 1.54) is 0 Å². The van der Waals surface area contributed by atoms with Crippen LogP contribution in [0.5, 0.6) is 0 Å². The van der Waals surface area contributed by atoms with Crippen molar-refractivity contribution in [3.63, 3.8) is 0 Å². The number of amides is 5. The summed E-state index contributed by atoms with van der Waals surface area (Å²) in [6, 6.07) is 17.5. The van der Waals surface area contributed by atoms with Gasteiger partial charge in [-0.05, 0) is 30.0 Å². The Balaban J connectivity index is 1.45. The first-order valence-corrected chi connectivity index (χ1v) is 14.1. The molecule has 4 rings (SSSR count). The Hall–Kier alpha value is -4.84. The van der Waals surface area contributed by atoms with Gasteiger partial charge >= 0.3 is 0 Å². The number of benzene rings is 2. The van der Waals surface area contributed by atoms with E-state index in [-0.39, 0.29) is 24.1 Å². The molecule has 1 aliphatic heterocycles. The summed E-state index contributed by atoms with van der Waals surface area (Å²) in [4.78, 5) is 66.3. The first kappa shape index (κ1) is 31.1. The van der Waals surface area contributed by atoms with Crippen molar-refractivity contribution in [1.82, 2.24) is 26.3 Å². The van der Waals surface area contributed by atoms with Crippen LogP contribution in [0, 0.1) is 5.92 Å². The maximum atomic E-state index is 13.5. The Bertz CT molecular complexity index is 1470. The van der Waals surface area contributed by atoms with E-state index in [1.54, 1.807) is 24.3 Å². The van der Waals surface area contributed by atoms with Crippen molar-refractivity contribution in [3.05, 3.63) is 78.0 Å². The molecule has 5 atom stereocenters. The molecule has 43 heavy (non-hydrogen) atoms. The van der Waals surface area contributed by atoms with Crippen LogP contribution in [0.1, 0.15) is 36.3 Å². The molecule has 1 unspecified atom stereocenters. The number of hydrogen-bond donors (Lipinski definition) is 5. The predicted octanol–water partition coefficient (Wildman–Crippen LogP) is 0.590. The van der Waals surface area contributed by atoms with Gasteiger partial charge in [-0.2, -0.15) is 0 Å². The predicted molar refractivity (Wildman–Crippen MR) is 158 cm³/mol. The summed E-state index contributed by atoms with van der Waals surface area (Å²) in [7, 11) is 0. The van der Waals surface area contributed by atoms with Gasteiger partial charge in [-0.1, -0.05) is 68.4 Å². The molecular weight excluding hydrogens is 552 g/mol. The van der Waals surface area contributed by atoms with E-state index >= 15 is 0 Å². The standard InChI is InChI=1S/C31H36N6O6/c1-18(2)27(34-17-38)31(42)33-16-25-28(43-25)23(14-19-8-4-3-5-9-19)36-30(41)24(15-26(32)39)37-29(40)22-13-12-20-10-6-7-11-21(20)35-22/h3-13,17-18,23-25,27-28H,14-16H2,1-2H3,(H2,32,39)(H,33,42)(H,34,38)(H,36,41)(H,37,40)/t23-,24?,25-,27-,28+/m0/s1. The van der Waals surface area contributed by atoms with Gasteiger partial charge in [0, 0.05) is 11.9 Å². The Labute approximate surface area is 249 Å². The average molecular weight is 589 g/mol.